The van der Waals surface area contributed by atoms with Crippen LogP contribution in [-0.4, -0.2) is 33.0 Å². The van der Waals surface area contributed by atoms with E-state index in [0.717, 1.165) is 5.56 Å². The highest BCUT2D eigenvalue weighted by atomic mass is 16.6. The molecule has 0 aliphatic heterocycles. The van der Waals surface area contributed by atoms with E-state index >= 15 is 0 Å². The summed E-state index contributed by atoms with van der Waals surface area (Å²) in [5, 5.41) is 30.2. The smallest absolute Gasteiger partial charge is 0.349 e. The van der Waals surface area contributed by atoms with Gasteiger partial charge >= 0.3 is 5.69 Å². The topological polar surface area (TPSA) is 136 Å². The molecular formula is C22H20N8O2. The van der Waals surface area contributed by atoms with Gasteiger partial charge in [0.15, 0.2) is 0 Å². The lowest BCUT2D eigenvalue weighted by Crippen LogP contribution is -2.28. The van der Waals surface area contributed by atoms with Crippen molar-refractivity contribution in [3.05, 3.63) is 76.7 Å². The van der Waals surface area contributed by atoms with E-state index in [-0.39, 0.29) is 43.3 Å². The highest BCUT2D eigenvalue weighted by Gasteiger charge is 2.31. The number of anilines is 3. The molecule has 160 valence electrons. The largest absolute Gasteiger partial charge is 0.354 e. The third-order valence-electron chi connectivity index (χ3n) is 4.62. The Morgan fingerprint density at radius 3 is 2.16 bits per heavy atom. The molecule has 10 heteroatoms. The van der Waals surface area contributed by atoms with E-state index in [2.05, 4.69) is 15.0 Å². The van der Waals surface area contributed by atoms with Crippen LogP contribution in [0.25, 0.3) is 0 Å². The van der Waals surface area contributed by atoms with E-state index in [1.165, 1.54) is 6.33 Å². The van der Waals surface area contributed by atoms with E-state index in [0.29, 0.717) is 12.4 Å². The van der Waals surface area contributed by atoms with Gasteiger partial charge in [-0.3, -0.25) is 10.1 Å². The fourth-order valence-corrected chi connectivity index (χ4v) is 3.19. The number of aromatic nitrogens is 3. The van der Waals surface area contributed by atoms with Crippen molar-refractivity contribution in [2.45, 2.75) is 19.4 Å². The molecule has 1 aromatic carbocycles. The number of rotatable bonds is 10. The number of nitro groups is 1. The second-order valence-electron chi connectivity index (χ2n) is 6.69. The summed E-state index contributed by atoms with van der Waals surface area (Å²) in [5.74, 6) is 0.644. The first-order chi connectivity index (χ1) is 15.7. The van der Waals surface area contributed by atoms with Crippen molar-refractivity contribution in [1.82, 2.24) is 15.0 Å². The highest BCUT2D eigenvalue weighted by Crippen LogP contribution is 2.37. The number of hydrogen-bond donors (Lipinski definition) is 0. The Kier molecular flexibility index (Phi) is 7.60. The quantitative estimate of drug-likeness (QED) is 0.349. The van der Waals surface area contributed by atoms with Crippen molar-refractivity contribution >= 4 is 23.1 Å². The van der Waals surface area contributed by atoms with Gasteiger partial charge in [0.1, 0.15) is 12.1 Å². The molecule has 3 rings (SSSR count). The van der Waals surface area contributed by atoms with Gasteiger partial charge in [0.25, 0.3) is 0 Å². The Balaban J connectivity index is 2.14. The zero-order chi connectivity index (χ0) is 22.8. The first-order valence-corrected chi connectivity index (χ1v) is 9.86. The summed E-state index contributed by atoms with van der Waals surface area (Å²) in [4.78, 5) is 27.7. The van der Waals surface area contributed by atoms with Gasteiger partial charge in [-0.05, 0) is 17.7 Å². The minimum Gasteiger partial charge on any atom is -0.349 e. The second kappa shape index (κ2) is 11.0. The summed E-state index contributed by atoms with van der Waals surface area (Å²) >= 11 is 0. The van der Waals surface area contributed by atoms with Crippen LogP contribution in [0.2, 0.25) is 0 Å². The predicted octanol–water partition coefficient (Wildman–Crippen LogP) is 3.75. The molecular weight excluding hydrogens is 408 g/mol. The summed E-state index contributed by atoms with van der Waals surface area (Å²) in [7, 11) is 0. The molecule has 0 fully saturated rings. The van der Waals surface area contributed by atoms with Crippen LogP contribution in [-0.2, 0) is 6.54 Å². The van der Waals surface area contributed by atoms with E-state index < -0.39 is 4.92 Å². The SMILES string of the molecule is N#CCCN(CCC#N)c1ncnc(N(Cc2ccccc2)c2ccccn2)c1[N+](=O)[O-]. The average molecular weight is 428 g/mol. The molecule has 0 saturated carbocycles. The average Bonchev–Trinajstić information content (AvgIpc) is 2.83. The number of benzene rings is 1. The fraction of sp³-hybridized carbons (Fsp3) is 0.227. The van der Waals surface area contributed by atoms with Crippen molar-refractivity contribution in [2.75, 3.05) is 22.9 Å². The zero-order valence-corrected chi connectivity index (χ0v) is 17.2. The molecule has 0 atom stereocenters. The lowest BCUT2D eigenvalue weighted by molar-refractivity contribution is -0.383. The first-order valence-electron chi connectivity index (χ1n) is 9.86. The molecule has 32 heavy (non-hydrogen) atoms. The molecule has 10 nitrogen and oxygen atoms in total. The van der Waals surface area contributed by atoms with Crippen LogP contribution in [0.15, 0.2) is 61.1 Å². The summed E-state index contributed by atoms with van der Waals surface area (Å²) in [6.45, 7) is 0.709. The molecule has 0 amide bonds. The molecule has 2 aromatic heterocycles. The maximum Gasteiger partial charge on any atom is 0.354 e. The van der Waals surface area contributed by atoms with Crippen molar-refractivity contribution in [2.24, 2.45) is 0 Å². The van der Waals surface area contributed by atoms with Crippen LogP contribution in [0.5, 0.6) is 0 Å². The second-order valence-corrected chi connectivity index (χ2v) is 6.69. The summed E-state index contributed by atoms with van der Waals surface area (Å²) in [5.41, 5.74) is 0.614. The summed E-state index contributed by atoms with van der Waals surface area (Å²) in [6.07, 6.45) is 3.13. The van der Waals surface area contributed by atoms with Gasteiger partial charge in [0, 0.05) is 19.3 Å². The molecule has 0 unspecified atom stereocenters. The van der Waals surface area contributed by atoms with E-state index in [9.17, 15) is 10.1 Å². The molecule has 0 N–H and O–H groups in total. The Morgan fingerprint density at radius 1 is 0.906 bits per heavy atom. The number of nitrogens with zero attached hydrogens (tertiary/aromatic N) is 8. The lowest BCUT2D eigenvalue weighted by Gasteiger charge is -2.26. The van der Waals surface area contributed by atoms with Gasteiger partial charge < -0.3 is 9.80 Å². The van der Waals surface area contributed by atoms with Crippen LogP contribution in [0.4, 0.5) is 23.1 Å². The molecule has 3 aromatic rings. The van der Waals surface area contributed by atoms with E-state index in [1.807, 2.05) is 42.5 Å². The Morgan fingerprint density at radius 2 is 1.56 bits per heavy atom. The van der Waals surface area contributed by atoms with Crippen molar-refractivity contribution < 1.29 is 4.92 Å². The highest BCUT2D eigenvalue weighted by molar-refractivity contribution is 5.75. The standard InChI is InChI=1S/C22H20N8O2/c23-11-6-14-28(15-7-12-24)21-20(30(31)32)22(27-17-26-21)29(19-10-4-5-13-25-19)16-18-8-2-1-3-9-18/h1-5,8-10,13,17H,6-7,14-16H2. The van der Waals surface area contributed by atoms with Crippen molar-refractivity contribution in [1.29, 1.82) is 10.5 Å². The minimum atomic E-state index is -0.530. The van der Waals surface area contributed by atoms with Gasteiger partial charge in [-0.25, -0.2) is 15.0 Å². The van der Waals surface area contributed by atoms with Crippen LogP contribution < -0.4 is 9.80 Å². The van der Waals surface area contributed by atoms with E-state index in [4.69, 9.17) is 10.5 Å². The summed E-state index contributed by atoms with van der Waals surface area (Å²) < 4.78 is 0. The summed E-state index contributed by atoms with van der Waals surface area (Å²) in [6, 6.07) is 18.8. The fourth-order valence-electron chi connectivity index (χ4n) is 3.19. The van der Waals surface area contributed by atoms with Crippen LogP contribution in [0, 0.1) is 32.8 Å². The molecule has 0 bridgehead atoms. The predicted molar refractivity (Wildman–Crippen MR) is 118 cm³/mol. The monoisotopic (exact) mass is 428 g/mol. The van der Waals surface area contributed by atoms with Crippen LogP contribution in [0.3, 0.4) is 0 Å². The Labute approximate surface area is 185 Å². The number of nitriles is 2. The van der Waals surface area contributed by atoms with Gasteiger partial charge in [-0.2, -0.15) is 10.5 Å². The molecule has 0 aliphatic carbocycles. The van der Waals surface area contributed by atoms with Gasteiger partial charge in [0.05, 0.1) is 36.4 Å². The first kappa shape index (κ1) is 22.1. The number of pyridine rings is 1. The molecule has 0 radical (unpaired) electrons. The maximum atomic E-state index is 12.2. The third-order valence-corrected chi connectivity index (χ3v) is 4.62. The van der Waals surface area contributed by atoms with Gasteiger partial charge in [0.2, 0.25) is 11.6 Å². The van der Waals surface area contributed by atoms with Gasteiger partial charge in [-0.1, -0.05) is 36.4 Å². The number of hydrogen-bond acceptors (Lipinski definition) is 9. The Bertz CT molecular complexity index is 1110. The zero-order valence-electron chi connectivity index (χ0n) is 17.2. The molecule has 0 spiro atoms. The maximum absolute atomic E-state index is 12.2. The van der Waals surface area contributed by atoms with Crippen molar-refractivity contribution in [3.8, 4) is 12.1 Å². The Hall–Kier alpha value is -4.57. The van der Waals surface area contributed by atoms with E-state index in [1.54, 1.807) is 34.2 Å². The van der Waals surface area contributed by atoms with Gasteiger partial charge in [-0.15, -0.1) is 0 Å². The minimum absolute atomic E-state index is 0.0690. The third kappa shape index (κ3) is 5.32. The molecule has 0 aliphatic rings. The lowest BCUT2D eigenvalue weighted by atomic mass is 10.2. The van der Waals surface area contributed by atoms with Crippen molar-refractivity contribution in [3.63, 3.8) is 0 Å². The molecule has 2 heterocycles. The molecule has 0 saturated heterocycles. The van der Waals surface area contributed by atoms with Crippen LogP contribution >= 0.6 is 0 Å². The normalized spacial score (nSPS) is 10.1. The van der Waals surface area contributed by atoms with Crippen LogP contribution in [0.1, 0.15) is 18.4 Å².